The zero-order valence-corrected chi connectivity index (χ0v) is 20.4. The molecule has 2 aromatic heterocycles. The molecule has 5 rings (SSSR count). The highest BCUT2D eigenvalue weighted by Gasteiger charge is 2.38. The Balaban J connectivity index is 1.43. The van der Waals surface area contributed by atoms with E-state index in [-0.39, 0.29) is 18.7 Å². The van der Waals surface area contributed by atoms with Gasteiger partial charge in [-0.2, -0.15) is 26.3 Å². The van der Waals surface area contributed by atoms with E-state index in [1.165, 1.54) is 23.2 Å². The van der Waals surface area contributed by atoms with E-state index in [1.54, 1.807) is 12.3 Å². The van der Waals surface area contributed by atoms with Gasteiger partial charge >= 0.3 is 12.4 Å². The number of nitrogens with one attached hydrogen (secondary N) is 3. The highest BCUT2D eigenvalue weighted by molar-refractivity contribution is 5.54. The van der Waals surface area contributed by atoms with Gasteiger partial charge in [-0.1, -0.05) is 0 Å². The Morgan fingerprint density at radius 3 is 2.50 bits per heavy atom. The number of pyridine rings is 2. The second-order valence-electron chi connectivity index (χ2n) is 9.52. The van der Waals surface area contributed by atoms with Crippen LogP contribution in [0.1, 0.15) is 37.4 Å². The van der Waals surface area contributed by atoms with Gasteiger partial charge in [0.2, 0.25) is 0 Å². The summed E-state index contributed by atoms with van der Waals surface area (Å²) in [6.45, 7) is 3.18. The van der Waals surface area contributed by atoms with Crippen molar-refractivity contribution in [3.8, 4) is 0 Å². The first-order chi connectivity index (χ1) is 18.0. The molecule has 3 unspecified atom stereocenters. The summed E-state index contributed by atoms with van der Waals surface area (Å²) in [7, 11) is 0. The van der Waals surface area contributed by atoms with Gasteiger partial charge in [0, 0.05) is 37.2 Å². The zero-order valence-electron chi connectivity index (χ0n) is 20.4. The summed E-state index contributed by atoms with van der Waals surface area (Å²) in [5, 5.41) is 10.2. The van der Waals surface area contributed by atoms with E-state index < -0.39 is 29.8 Å². The molecule has 0 radical (unpaired) electrons. The van der Waals surface area contributed by atoms with E-state index in [0.717, 1.165) is 49.0 Å². The highest BCUT2D eigenvalue weighted by Crippen LogP contribution is 2.37. The highest BCUT2D eigenvalue weighted by atomic mass is 19.4. The Kier molecular flexibility index (Phi) is 6.99. The van der Waals surface area contributed by atoms with Crippen LogP contribution in [0.15, 0.2) is 60.2 Å². The zero-order chi connectivity index (χ0) is 27.1. The van der Waals surface area contributed by atoms with Crippen LogP contribution in [0.2, 0.25) is 0 Å². The minimum absolute atomic E-state index is 0.190. The van der Waals surface area contributed by atoms with Crippen molar-refractivity contribution in [1.29, 1.82) is 0 Å². The minimum Gasteiger partial charge on any atom is -0.365 e. The SMILES string of the molecule is CC1CCCN1C1NC2=C(CCN(c3ncccc3C(F)(F)F)C=C2)C(Nc2ccc(C(F)(F)F)nc2)N1. The van der Waals surface area contributed by atoms with Crippen LogP contribution >= 0.6 is 0 Å². The van der Waals surface area contributed by atoms with Crippen molar-refractivity contribution < 1.29 is 26.3 Å². The average Bonchev–Trinajstić information content (AvgIpc) is 3.17. The van der Waals surface area contributed by atoms with E-state index in [0.29, 0.717) is 18.2 Å². The van der Waals surface area contributed by atoms with E-state index in [2.05, 4.69) is 37.7 Å². The number of aromatic nitrogens is 2. The number of nitrogens with zero attached hydrogens (tertiary/aromatic N) is 4. The fraction of sp³-hybridized carbons (Fsp3) is 0.440. The number of anilines is 2. The molecule has 0 spiro atoms. The molecule has 1 saturated heterocycles. The first kappa shape index (κ1) is 26.3. The molecule has 204 valence electrons. The van der Waals surface area contributed by atoms with E-state index in [1.807, 2.05) is 0 Å². The number of rotatable bonds is 4. The normalized spacial score (nSPS) is 24.7. The van der Waals surface area contributed by atoms with Gasteiger partial charge in [-0.15, -0.1) is 0 Å². The summed E-state index contributed by atoms with van der Waals surface area (Å²) in [6, 6.07) is 4.77. The number of likely N-dealkylation sites (tertiary alicyclic amines) is 1. The molecule has 1 fully saturated rings. The number of alkyl halides is 6. The molecule has 0 bridgehead atoms. The van der Waals surface area contributed by atoms with Crippen LogP contribution in [0.4, 0.5) is 37.8 Å². The Morgan fingerprint density at radius 1 is 1.03 bits per heavy atom. The molecule has 0 saturated carbocycles. The second kappa shape index (κ2) is 10.1. The number of hydrogen-bond donors (Lipinski definition) is 3. The maximum atomic E-state index is 13.7. The molecule has 0 aromatic carbocycles. The van der Waals surface area contributed by atoms with Crippen LogP contribution in [-0.4, -0.2) is 46.5 Å². The predicted octanol–water partition coefficient (Wildman–Crippen LogP) is 4.89. The van der Waals surface area contributed by atoms with Gasteiger partial charge in [0.25, 0.3) is 0 Å². The van der Waals surface area contributed by atoms with Crippen molar-refractivity contribution in [2.45, 2.75) is 57.0 Å². The third kappa shape index (κ3) is 5.44. The summed E-state index contributed by atoms with van der Waals surface area (Å²) in [6.07, 6.45) is -1.73. The van der Waals surface area contributed by atoms with Gasteiger partial charge in [0.15, 0.2) is 0 Å². The van der Waals surface area contributed by atoms with Crippen molar-refractivity contribution in [3.05, 3.63) is 71.5 Å². The summed E-state index contributed by atoms with van der Waals surface area (Å²) in [5.41, 5.74) is 0.124. The number of halogens is 6. The molecule has 3 aliphatic rings. The molecule has 0 amide bonds. The predicted molar refractivity (Wildman–Crippen MR) is 129 cm³/mol. The van der Waals surface area contributed by atoms with Crippen LogP contribution in [0.3, 0.4) is 0 Å². The number of allylic oxidation sites excluding steroid dienone is 1. The lowest BCUT2D eigenvalue weighted by Gasteiger charge is -2.41. The molecular weight excluding hydrogens is 512 g/mol. The molecule has 5 heterocycles. The van der Waals surface area contributed by atoms with Gasteiger partial charge in [0.05, 0.1) is 17.4 Å². The largest absolute Gasteiger partial charge is 0.433 e. The first-order valence-electron chi connectivity index (χ1n) is 12.3. The van der Waals surface area contributed by atoms with Crippen LogP contribution in [0.25, 0.3) is 0 Å². The molecule has 38 heavy (non-hydrogen) atoms. The maximum Gasteiger partial charge on any atom is 0.433 e. The minimum atomic E-state index is -4.56. The van der Waals surface area contributed by atoms with Gasteiger partial charge in [-0.05, 0) is 62.1 Å². The van der Waals surface area contributed by atoms with Crippen LogP contribution in [0, 0.1) is 0 Å². The van der Waals surface area contributed by atoms with Crippen molar-refractivity contribution >= 4 is 11.5 Å². The Morgan fingerprint density at radius 2 is 1.84 bits per heavy atom. The topological polar surface area (TPSA) is 68.3 Å². The van der Waals surface area contributed by atoms with Crippen molar-refractivity contribution in [2.24, 2.45) is 0 Å². The monoisotopic (exact) mass is 539 g/mol. The third-order valence-electron chi connectivity index (χ3n) is 7.02. The maximum absolute atomic E-state index is 13.7. The van der Waals surface area contributed by atoms with Crippen LogP contribution in [0.5, 0.6) is 0 Å². The summed E-state index contributed by atoms with van der Waals surface area (Å²) in [5.74, 6) is -0.190. The smallest absolute Gasteiger partial charge is 0.365 e. The summed E-state index contributed by atoms with van der Waals surface area (Å²) in [4.78, 5) is 11.3. The third-order valence-corrected chi connectivity index (χ3v) is 7.02. The van der Waals surface area contributed by atoms with E-state index in [4.69, 9.17) is 0 Å². The van der Waals surface area contributed by atoms with Crippen molar-refractivity contribution in [3.63, 3.8) is 0 Å². The lowest BCUT2D eigenvalue weighted by Crippen LogP contribution is -2.63. The molecule has 2 aromatic rings. The summed E-state index contributed by atoms with van der Waals surface area (Å²) < 4.78 is 79.9. The average molecular weight is 540 g/mol. The summed E-state index contributed by atoms with van der Waals surface area (Å²) >= 11 is 0. The molecule has 0 aliphatic carbocycles. The van der Waals surface area contributed by atoms with Gasteiger partial charge in [-0.3, -0.25) is 10.2 Å². The van der Waals surface area contributed by atoms with Gasteiger partial charge in [0.1, 0.15) is 24.0 Å². The molecule has 3 N–H and O–H groups in total. The second-order valence-corrected chi connectivity index (χ2v) is 9.52. The Bertz CT molecular complexity index is 1210. The quantitative estimate of drug-likeness (QED) is 0.478. The lowest BCUT2D eigenvalue weighted by molar-refractivity contribution is -0.141. The first-order valence-corrected chi connectivity index (χ1v) is 12.3. The molecular formula is C25H27F6N7. The Labute approximate surface area is 215 Å². The van der Waals surface area contributed by atoms with Crippen molar-refractivity contribution in [2.75, 3.05) is 23.3 Å². The van der Waals surface area contributed by atoms with Crippen molar-refractivity contribution in [1.82, 2.24) is 25.5 Å². The fourth-order valence-corrected chi connectivity index (χ4v) is 5.09. The molecule has 7 nitrogen and oxygen atoms in total. The lowest BCUT2D eigenvalue weighted by atomic mass is 10.0. The van der Waals surface area contributed by atoms with Gasteiger partial charge < -0.3 is 15.5 Å². The van der Waals surface area contributed by atoms with Crippen LogP contribution in [-0.2, 0) is 12.4 Å². The Hall–Kier alpha value is -3.32. The van der Waals surface area contributed by atoms with E-state index in [9.17, 15) is 26.3 Å². The molecule has 3 aliphatic heterocycles. The fourth-order valence-electron chi connectivity index (χ4n) is 5.09. The standard InChI is InChI=1S/C25H27F6N7/c1-15-4-3-11-38(15)23-35-19-9-13-37(22-18(24(26,27)28)5-2-10-32-22)12-8-17(19)21(36-23)34-16-6-7-20(33-14-16)25(29,30)31/h2,5-7,9-10,13-15,21,23,34-36H,3-4,8,11-12H2,1H3. The number of hydrogen-bond acceptors (Lipinski definition) is 7. The van der Waals surface area contributed by atoms with Gasteiger partial charge in [-0.25, -0.2) is 9.97 Å². The van der Waals surface area contributed by atoms with Crippen LogP contribution < -0.4 is 20.9 Å². The molecule has 3 atom stereocenters. The molecule has 13 heteroatoms. The van der Waals surface area contributed by atoms with E-state index >= 15 is 0 Å².